The fourth-order valence-corrected chi connectivity index (χ4v) is 2.40. The van der Waals surface area contributed by atoms with Crippen molar-refractivity contribution in [2.24, 2.45) is 0 Å². The molecule has 5 nitrogen and oxygen atoms in total. The Morgan fingerprint density at radius 3 is 2.52 bits per heavy atom. The lowest BCUT2D eigenvalue weighted by molar-refractivity contribution is 0.282. The van der Waals surface area contributed by atoms with Crippen molar-refractivity contribution in [2.45, 2.75) is 26.5 Å². The molecule has 0 unspecified atom stereocenters. The zero-order valence-electron chi connectivity index (χ0n) is 11.8. The number of hydrogen-bond donors (Lipinski definition) is 1. The van der Waals surface area contributed by atoms with Crippen LogP contribution in [0.15, 0.2) is 30.6 Å². The molecule has 1 aromatic carbocycles. The van der Waals surface area contributed by atoms with Crippen LogP contribution in [-0.4, -0.2) is 24.6 Å². The monoisotopic (exact) mass is 302 g/mol. The number of fused-ring (bicyclic) bond motifs is 1. The Morgan fingerprint density at radius 1 is 1.19 bits per heavy atom. The summed E-state index contributed by atoms with van der Waals surface area (Å²) in [7, 11) is 0. The Balaban J connectivity index is 2.21. The number of imidazole rings is 1. The van der Waals surface area contributed by atoms with Gasteiger partial charge < -0.3 is 9.67 Å². The standard InChI is InChI=1S/C15H15ClN4O/c1-9(2)20-8-17-13-12(18-15(16)19-14(13)20)11-5-3-10(7-21)4-6-11/h3-6,8-9,21H,7H2,1-2H3. The van der Waals surface area contributed by atoms with E-state index in [1.807, 2.05) is 28.8 Å². The molecule has 0 bridgehead atoms. The van der Waals surface area contributed by atoms with E-state index in [0.717, 1.165) is 22.3 Å². The molecule has 2 heterocycles. The van der Waals surface area contributed by atoms with Crippen LogP contribution in [0.2, 0.25) is 5.28 Å². The fraction of sp³-hybridized carbons (Fsp3) is 0.267. The van der Waals surface area contributed by atoms with Crippen LogP contribution >= 0.6 is 11.6 Å². The average molecular weight is 303 g/mol. The number of benzene rings is 1. The summed E-state index contributed by atoms with van der Waals surface area (Å²) in [5, 5.41) is 9.32. The van der Waals surface area contributed by atoms with Gasteiger partial charge in [0, 0.05) is 11.6 Å². The van der Waals surface area contributed by atoms with Crippen molar-refractivity contribution >= 4 is 22.8 Å². The first-order valence-corrected chi connectivity index (χ1v) is 7.08. The second kappa shape index (κ2) is 5.42. The van der Waals surface area contributed by atoms with Gasteiger partial charge in [0.1, 0.15) is 11.2 Å². The summed E-state index contributed by atoms with van der Waals surface area (Å²) >= 11 is 6.06. The zero-order valence-corrected chi connectivity index (χ0v) is 12.5. The smallest absolute Gasteiger partial charge is 0.225 e. The molecule has 0 fully saturated rings. The molecular weight excluding hydrogens is 288 g/mol. The minimum Gasteiger partial charge on any atom is -0.392 e. The van der Waals surface area contributed by atoms with Crippen LogP contribution in [0.25, 0.3) is 22.4 Å². The van der Waals surface area contributed by atoms with Crippen molar-refractivity contribution in [1.82, 2.24) is 19.5 Å². The lowest BCUT2D eigenvalue weighted by Gasteiger charge is -2.08. The minimum absolute atomic E-state index is 0.0161. The summed E-state index contributed by atoms with van der Waals surface area (Å²) < 4.78 is 1.97. The van der Waals surface area contributed by atoms with Gasteiger partial charge in [-0.2, -0.15) is 4.98 Å². The second-order valence-corrected chi connectivity index (χ2v) is 5.45. The van der Waals surface area contributed by atoms with Gasteiger partial charge in [-0.1, -0.05) is 24.3 Å². The SMILES string of the molecule is CC(C)n1cnc2c(-c3ccc(CO)cc3)nc(Cl)nc21. The van der Waals surface area contributed by atoms with Gasteiger partial charge in [0.05, 0.1) is 12.9 Å². The van der Waals surface area contributed by atoms with Crippen LogP contribution in [-0.2, 0) is 6.61 Å². The summed E-state index contributed by atoms with van der Waals surface area (Å²) in [5.74, 6) is 0. The third kappa shape index (κ3) is 2.50. The van der Waals surface area contributed by atoms with Gasteiger partial charge in [-0.05, 0) is 31.0 Å². The molecule has 0 spiro atoms. The first-order valence-electron chi connectivity index (χ1n) is 6.70. The molecule has 0 radical (unpaired) electrons. The molecule has 3 aromatic rings. The Morgan fingerprint density at radius 2 is 1.90 bits per heavy atom. The number of rotatable bonds is 3. The number of aromatic nitrogens is 4. The van der Waals surface area contributed by atoms with Crippen molar-refractivity contribution in [3.05, 3.63) is 41.4 Å². The summed E-state index contributed by atoms with van der Waals surface area (Å²) in [6.45, 7) is 4.14. The van der Waals surface area contributed by atoms with Crippen molar-refractivity contribution in [1.29, 1.82) is 0 Å². The molecular formula is C15H15ClN4O. The van der Waals surface area contributed by atoms with Gasteiger partial charge in [-0.3, -0.25) is 0 Å². The normalized spacial score (nSPS) is 11.5. The first kappa shape index (κ1) is 14.0. The molecule has 0 aliphatic heterocycles. The molecule has 0 saturated carbocycles. The van der Waals surface area contributed by atoms with Gasteiger partial charge in [-0.25, -0.2) is 9.97 Å². The van der Waals surface area contributed by atoms with Crippen LogP contribution in [0.1, 0.15) is 25.5 Å². The maximum absolute atomic E-state index is 9.12. The Hall–Kier alpha value is -1.98. The van der Waals surface area contributed by atoms with E-state index in [1.165, 1.54) is 0 Å². The highest BCUT2D eigenvalue weighted by molar-refractivity contribution is 6.28. The van der Waals surface area contributed by atoms with Gasteiger partial charge in [0.2, 0.25) is 5.28 Å². The number of hydrogen-bond acceptors (Lipinski definition) is 4. The van der Waals surface area contributed by atoms with E-state index in [4.69, 9.17) is 16.7 Å². The molecule has 0 atom stereocenters. The van der Waals surface area contributed by atoms with Crippen LogP contribution < -0.4 is 0 Å². The van der Waals surface area contributed by atoms with Crippen LogP contribution in [0.5, 0.6) is 0 Å². The lowest BCUT2D eigenvalue weighted by atomic mass is 10.1. The van der Waals surface area contributed by atoms with Gasteiger partial charge in [-0.15, -0.1) is 0 Å². The molecule has 0 aliphatic rings. The Labute approximate surface area is 127 Å². The van der Waals surface area contributed by atoms with E-state index >= 15 is 0 Å². The predicted octanol–water partition coefficient (Wildman–Crippen LogP) is 3.22. The molecule has 0 saturated heterocycles. The van der Waals surface area contributed by atoms with E-state index in [-0.39, 0.29) is 17.9 Å². The second-order valence-electron chi connectivity index (χ2n) is 5.11. The summed E-state index contributed by atoms with van der Waals surface area (Å²) in [4.78, 5) is 13.0. The van der Waals surface area contributed by atoms with Gasteiger partial charge in [0.15, 0.2) is 5.65 Å². The van der Waals surface area contributed by atoms with Gasteiger partial charge in [0.25, 0.3) is 0 Å². The topological polar surface area (TPSA) is 63.8 Å². The molecule has 0 aliphatic carbocycles. The van der Waals surface area contributed by atoms with E-state index in [2.05, 4.69) is 28.8 Å². The quantitative estimate of drug-likeness (QED) is 0.755. The van der Waals surface area contributed by atoms with Gasteiger partial charge >= 0.3 is 0 Å². The van der Waals surface area contributed by atoms with E-state index in [1.54, 1.807) is 6.33 Å². The lowest BCUT2D eigenvalue weighted by Crippen LogP contribution is -2.01. The first-order chi connectivity index (χ1) is 10.1. The average Bonchev–Trinajstić information content (AvgIpc) is 2.90. The van der Waals surface area contributed by atoms with Crippen LogP contribution in [0.4, 0.5) is 0 Å². The predicted molar refractivity (Wildman–Crippen MR) is 82.1 cm³/mol. The molecule has 2 aromatic heterocycles. The number of halogens is 1. The third-order valence-electron chi connectivity index (χ3n) is 3.36. The summed E-state index contributed by atoms with van der Waals surface area (Å²) in [5.41, 5.74) is 3.91. The molecule has 108 valence electrons. The zero-order chi connectivity index (χ0) is 15.0. The van der Waals surface area contributed by atoms with Crippen molar-refractivity contribution in [2.75, 3.05) is 0 Å². The molecule has 0 amide bonds. The highest BCUT2D eigenvalue weighted by atomic mass is 35.5. The summed E-state index contributed by atoms with van der Waals surface area (Å²) in [6, 6.07) is 7.76. The molecule has 6 heteroatoms. The van der Waals surface area contributed by atoms with Crippen molar-refractivity contribution < 1.29 is 5.11 Å². The highest BCUT2D eigenvalue weighted by Crippen LogP contribution is 2.27. The molecule has 3 rings (SSSR count). The fourth-order valence-electron chi connectivity index (χ4n) is 2.24. The van der Waals surface area contributed by atoms with E-state index in [0.29, 0.717) is 5.69 Å². The van der Waals surface area contributed by atoms with Crippen molar-refractivity contribution in [3.8, 4) is 11.3 Å². The number of aliphatic hydroxyl groups is 1. The largest absolute Gasteiger partial charge is 0.392 e. The maximum atomic E-state index is 9.12. The molecule has 21 heavy (non-hydrogen) atoms. The summed E-state index contributed by atoms with van der Waals surface area (Å²) in [6.07, 6.45) is 1.76. The Kier molecular flexibility index (Phi) is 3.61. The van der Waals surface area contributed by atoms with Crippen LogP contribution in [0.3, 0.4) is 0 Å². The van der Waals surface area contributed by atoms with E-state index < -0.39 is 0 Å². The number of aliphatic hydroxyl groups excluding tert-OH is 1. The maximum Gasteiger partial charge on any atom is 0.225 e. The minimum atomic E-state index is 0.0161. The van der Waals surface area contributed by atoms with Crippen molar-refractivity contribution in [3.63, 3.8) is 0 Å². The highest BCUT2D eigenvalue weighted by Gasteiger charge is 2.15. The third-order valence-corrected chi connectivity index (χ3v) is 3.53. The molecule has 1 N–H and O–H groups in total. The number of nitrogens with zero attached hydrogens (tertiary/aromatic N) is 4. The van der Waals surface area contributed by atoms with Crippen LogP contribution in [0, 0.1) is 0 Å². The van der Waals surface area contributed by atoms with E-state index in [9.17, 15) is 0 Å². The Bertz CT molecular complexity index is 780.